The molecule has 3 aromatic rings. The number of pyridine rings is 1. The van der Waals surface area contributed by atoms with Gasteiger partial charge < -0.3 is 4.74 Å². The minimum atomic E-state index is -0.990. The lowest BCUT2D eigenvalue weighted by Gasteiger charge is -2.21. The van der Waals surface area contributed by atoms with Crippen molar-refractivity contribution in [3.8, 4) is 5.75 Å². The average molecular weight is 413 g/mol. The van der Waals surface area contributed by atoms with Crippen LogP contribution < -0.4 is 16.0 Å². The number of para-hydroxylation sites is 1. The first-order valence-electron chi connectivity index (χ1n) is 10.7. The molecular weight excluding hydrogens is 385 g/mol. The molecule has 1 aromatic carbocycles. The number of ether oxygens (including phenoxy) is 1. The van der Waals surface area contributed by atoms with E-state index in [1.165, 1.54) is 11.5 Å². The Bertz CT molecular complexity index is 1190. The monoisotopic (exact) mass is 413 g/mol. The number of aromatic nitrogens is 3. The van der Waals surface area contributed by atoms with Gasteiger partial charge in [-0.2, -0.15) is 0 Å². The number of hydrogen-bond donors (Lipinski definition) is 0. The van der Waals surface area contributed by atoms with Crippen molar-refractivity contribution in [2.24, 2.45) is 5.92 Å². The van der Waals surface area contributed by atoms with E-state index in [4.69, 9.17) is 4.74 Å². The lowest BCUT2D eigenvalue weighted by molar-refractivity contribution is 0.244. The van der Waals surface area contributed by atoms with E-state index in [9.17, 15) is 14.0 Å². The van der Waals surface area contributed by atoms with E-state index in [0.717, 1.165) is 31.1 Å². The average Bonchev–Trinajstić information content (AvgIpc) is 3.27. The van der Waals surface area contributed by atoms with Gasteiger partial charge in [-0.05, 0) is 38.2 Å². The summed E-state index contributed by atoms with van der Waals surface area (Å²) in [6, 6.07) is 5.59. The first-order chi connectivity index (χ1) is 14.4. The SMILES string of the molecule is COc1cccc2c1ncc1c(=O)n(CCC(C)C(C)F)c(=O)n(C3CCCC3)c12. The molecule has 2 unspecified atom stereocenters. The molecule has 0 amide bonds. The van der Waals surface area contributed by atoms with Gasteiger partial charge in [-0.25, -0.2) is 9.18 Å². The quantitative estimate of drug-likeness (QED) is 0.568. The van der Waals surface area contributed by atoms with Gasteiger partial charge >= 0.3 is 5.69 Å². The maximum atomic E-state index is 13.6. The van der Waals surface area contributed by atoms with Crippen LogP contribution in [0.2, 0.25) is 0 Å². The number of benzene rings is 1. The summed E-state index contributed by atoms with van der Waals surface area (Å²) in [6.45, 7) is 3.51. The molecule has 1 aliphatic rings. The fourth-order valence-electron chi connectivity index (χ4n) is 4.48. The van der Waals surface area contributed by atoms with E-state index in [0.29, 0.717) is 28.6 Å². The van der Waals surface area contributed by atoms with Crippen LogP contribution in [0.1, 0.15) is 52.0 Å². The third-order valence-corrected chi connectivity index (χ3v) is 6.49. The van der Waals surface area contributed by atoms with Gasteiger partial charge in [0.05, 0.1) is 24.2 Å². The van der Waals surface area contributed by atoms with Crippen molar-refractivity contribution in [3.05, 3.63) is 45.2 Å². The highest BCUT2D eigenvalue weighted by Crippen LogP contribution is 2.34. The van der Waals surface area contributed by atoms with Crippen molar-refractivity contribution in [1.29, 1.82) is 0 Å². The Morgan fingerprint density at radius 3 is 2.60 bits per heavy atom. The molecule has 160 valence electrons. The fourth-order valence-corrected chi connectivity index (χ4v) is 4.48. The van der Waals surface area contributed by atoms with Crippen molar-refractivity contribution in [2.45, 2.75) is 64.7 Å². The molecule has 1 fully saturated rings. The number of alkyl halides is 1. The molecule has 30 heavy (non-hydrogen) atoms. The van der Waals surface area contributed by atoms with Crippen LogP contribution in [0.15, 0.2) is 34.0 Å². The summed E-state index contributed by atoms with van der Waals surface area (Å²) in [6.07, 6.45) is 4.90. The highest BCUT2D eigenvalue weighted by Gasteiger charge is 2.25. The summed E-state index contributed by atoms with van der Waals surface area (Å²) in [5, 5.41) is 1.16. The Labute approximate surface area is 174 Å². The number of hydrogen-bond acceptors (Lipinski definition) is 4. The third-order valence-electron chi connectivity index (χ3n) is 6.49. The lowest BCUT2D eigenvalue weighted by atomic mass is 10.0. The van der Waals surface area contributed by atoms with Gasteiger partial charge in [-0.3, -0.25) is 18.9 Å². The Kier molecular flexibility index (Phi) is 5.62. The highest BCUT2D eigenvalue weighted by atomic mass is 19.1. The van der Waals surface area contributed by atoms with Gasteiger partial charge in [0.15, 0.2) is 0 Å². The normalized spacial score (nSPS) is 16.9. The van der Waals surface area contributed by atoms with Crippen molar-refractivity contribution >= 4 is 21.8 Å². The number of fused-ring (bicyclic) bond motifs is 3. The zero-order valence-corrected chi connectivity index (χ0v) is 17.7. The lowest BCUT2D eigenvalue weighted by Crippen LogP contribution is -2.41. The van der Waals surface area contributed by atoms with Crippen LogP contribution in [0.3, 0.4) is 0 Å². The Balaban J connectivity index is 2.01. The molecule has 2 aromatic heterocycles. The van der Waals surface area contributed by atoms with E-state index in [1.54, 1.807) is 24.8 Å². The minimum Gasteiger partial charge on any atom is -0.494 e. The summed E-state index contributed by atoms with van der Waals surface area (Å²) in [7, 11) is 1.58. The molecule has 7 heteroatoms. The van der Waals surface area contributed by atoms with E-state index in [-0.39, 0.29) is 29.8 Å². The molecule has 0 N–H and O–H groups in total. The maximum absolute atomic E-state index is 13.6. The number of methoxy groups -OCH3 is 1. The predicted octanol–water partition coefficient (Wildman–Crippen LogP) is 4.22. The van der Waals surface area contributed by atoms with Gasteiger partial charge in [0, 0.05) is 24.2 Å². The summed E-state index contributed by atoms with van der Waals surface area (Å²) < 4.78 is 22.1. The van der Waals surface area contributed by atoms with Gasteiger partial charge in [0.25, 0.3) is 5.56 Å². The molecule has 2 atom stereocenters. The second kappa shape index (κ2) is 8.20. The van der Waals surface area contributed by atoms with Crippen LogP contribution in [0.25, 0.3) is 21.8 Å². The van der Waals surface area contributed by atoms with E-state index >= 15 is 0 Å². The van der Waals surface area contributed by atoms with E-state index in [1.807, 2.05) is 18.2 Å². The summed E-state index contributed by atoms with van der Waals surface area (Å²) in [4.78, 5) is 31.3. The molecule has 4 rings (SSSR count). The van der Waals surface area contributed by atoms with E-state index < -0.39 is 6.17 Å². The molecule has 0 spiro atoms. The van der Waals surface area contributed by atoms with Crippen LogP contribution in [-0.4, -0.2) is 27.4 Å². The van der Waals surface area contributed by atoms with E-state index in [2.05, 4.69) is 4.98 Å². The smallest absolute Gasteiger partial charge is 0.331 e. The molecule has 0 saturated heterocycles. The second-order valence-corrected chi connectivity index (χ2v) is 8.37. The zero-order valence-electron chi connectivity index (χ0n) is 17.7. The summed E-state index contributed by atoms with van der Waals surface area (Å²) >= 11 is 0. The molecule has 0 bridgehead atoms. The molecule has 0 aliphatic heterocycles. The van der Waals surface area contributed by atoms with Crippen LogP contribution in [-0.2, 0) is 6.54 Å². The first-order valence-corrected chi connectivity index (χ1v) is 10.7. The topological polar surface area (TPSA) is 66.1 Å². The Morgan fingerprint density at radius 1 is 1.20 bits per heavy atom. The van der Waals surface area contributed by atoms with Crippen LogP contribution >= 0.6 is 0 Å². The van der Waals surface area contributed by atoms with Crippen LogP contribution in [0.5, 0.6) is 5.75 Å². The Hall–Kier alpha value is -2.70. The first kappa shape index (κ1) is 20.6. The molecule has 2 heterocycles. The van der Waals surface area contributed by atoms with Crippen LogP contribution in [0, 0.1) is 5.92 Å². The van der Waals surface area contributed by atoms with Crippen LogP contribution in [0.4, 0.5) is 4.39 Å². The largest absolute Gasteiger partial charge is 0.494 e. The van der Waals surface area contributed by atoms with Crippen molar-refractivity contribution < 1.29 is 9.13 Å². The molecule has 1 saturated carbocycles. The Morgan fingerprint density at radius 2 is 1.93 bits per heavy atom. The van der Waals surface area contributed by atoms with Gasteiger partial charge in [-0.1, -0.05) is 31.9 Å². The van der Waals surface area contributed by atoms with Crippen molar-refractivity contribution in [1.82, 2.24) is 14.1 Å². The molecule has 0 radical (unpaired) electrons. The van der Waals surface area contributed by atoms with Crippen molar-refractivity contribution in [3.63, 3.8) is 0 Å². The number of rotatable bonds is 6. The summed E-state index contributed by atoms with van der Waals surface area (Å²) in [5.41, 5.74) is 0.591. The molecular formula is C23H28FN3O3. The zero-order chi connectivity index (χ0) is 21.4. The fraction of sp³-hybridized carbons (Fsp3) is 0.522. The van der Waals surface area contributed by atoms with Gasteiger partial charge in [0.2, 0.25) is 0 Å². The molecule has 6 nitrogen and oxygen atoms in total. The van der Waals surface area contributed by atoms with Gasteiger partial charge in [0.1, 0.15) is 11.3 Å². The number of halogens is 1. The molecule has 1 aliphatic carbocycles. The number of nitrogens with zero attached hydrogens (tertiary/aromatic N) is 3. The predicted molar refractivity (Wildman–Crippen MR) is 116 cm³/mol. The third kappa shape index (κ3) is 3.40. The second-order valence-electron chi connectivity index (χ2n) is 8.37. The van der Waals surface area contributed by atoms with Crippen molar-refractivity contribution in [2.75, 3.05) is 7.11 Å². The van der Waals surface area contributed by atoms with Gasteiger partial charge in [-0.15, -0.1) is 0 Å². The summed E-state index contributed by atoms with van der Waals surface area (Å²) in [5.74, 6) is 0.376. The highest BCUT2D eigenvalue weighted by molar-refractivity contribution is 6.04. The standard InChI is InChI=1S/C23H28FN3O3/c1-14(15(2)24)11-12-26-22(28)18-13-25-20-17(9-6-10-19(20)30-3)21(18)27(23(26)29)16-7-4-5-8-16/h6,9-10,13-16H,4-5,7-8,11-12H2,1-3H3. The minimum absolute atomic E-state index is 0.0428. The maximum Gasteiger partial charge on any atom is 0.331 e.